The van der Waals surface area contributed by atoms with Crippen LogP contribution in [-0.2, 0) is 20.8 Å². The molecule has 4 N–H and O–H groups in total. The number of benzene rings is 2. The summed E-state index contributed by atoms with van der Waals surface area (Å²) >= 11 is 0. The van der Waals surface area contributed by atoms with Crippen molar-refractivity contribution in [3.8, 4) is 34.1 Å². The van der Waals surface area contributed by atoms with Crippen molar-refractivity contribution in [2.45, 2.75) is 59.0 Å². The molecule has 3 unspecified atom stereocenters. The first kappa shape index (κ1) is 35.6. The van der Waals surface area contributed by atoms with E-state index in [1.807, 2.05) is 19.9 Å². The molecule has 0 aromatic heterocycles. The van der Waals surface area contributed by atoms with Crippen molar-refractivity contribution >= 4 is 34.8 Å². The second-order valence-electron chi connectivity index (χ2n) is 11.7. The summed E-state index contributed by atoms with van der Waals surface area (Å²) in [4.78, 5) is 51.8. The fourth-order valence-electron chi connectivity index (χ4n) is 5.99. The third-order valence-corrected chi connectivity index (χ3v) is 8.50. The van der Waals surface area contributed by atoms with Gasteiger partial charge in [0.15, 0.2) is 11.5 Å². The average Bonchev–Trinajstić information content (AvgIpc) is 3.30. The summed E-state index contributed by atoms with van der Waals surface area (Å²) in [6.45, 7) is 6.71. The number of methoxy groups -OCH3 is 4. The highest BCUT2D eigenvalue weighted by molar-refractivity contribution is 5.99. The number of carbonyl (C=O) groups is 3. The van der Waals surface area contributed by atoms with E-state index in [-0.39, 0.29) is 28.8 Å². The van der Waals surface area contributed by atoms with Gasteiger partial charge in [0.05, 0.1) is 45.9 Å². The van der Waals surface area contributed by atoms with Crippen molar-refractivity contribution in [2.24, 2.45) is 5.92 Å². The van der Waals surface area contributed by atoms with Crippen molar-refractivity contribution in [3.63, 3.8) is 0 Å². The van der Waals surface area contributed by atoms with Crippen molar-refractivity contribution < 1.29 is 33.3 Å². The largest absolute Gasteiger partial charge is 0.495 e. The Labute approximate surface area is 280 Å². The van der Waals surface area contributed by atoms with Gasteiger partial charge in [0.25, 0.3) is 0 Å². The normalized spacial score (nSPS) is 14.5. The highest BCUT2D eigenvalue weighted by Crippen LogP contribution is 2.50. The Bertz CT molecular complexity index is 1760. The number of hydrogen-bond donors (Lipinski definition) is 4. The standard InChI is InChI=1S/C36H44N4O8/c1-9-19(2)33(36(44)40-28-17-23(37-20(3)41)11-15-30(28)45-5)39-27-14-12-24-25(18-29(27)43)26(38-21(4)42)13-10-22-16-31(46-6)34(47-7)35(48-8)32(22)24/h11-12,14-19,26,33H,9-10,13H2,1-8H3,(H,37,41)(H,38,42)(H,39,43)(H,40,44). The van der Waals surface area contributed by atoms with Gasteiger partial charge in [-0.1, -0.05) is 26.3 Å². The molecule has 3 aromatic carbocycles. The number of fused-ring (bicyclic) bond motifs is 3. The van der Waals surface area contributed by atoms with Gasteiger partial charge in [-0.15, -0.1) is 0 Å². The van der Waals surface area contributed by atoms with Gasteiger partial charge in [-0.25, -0.2) is 0 Å². The Balaban J connectivity index is 1.83. The zero-order chi connectivity index (χ0) is 35.1. The van der Waals surface area contributed by atoms with E-state index >= 15 is 0 Å². The van der Waals surface area contributed by atoms with Crippen molar-refractivity contribution in [1.29, 1.82) is 0 Å². The smallest absolute Gasteiger partial charge is 0.247 e. The van der Waals surface area contributed by atoms with Crippen LogP contribution in [0, 0.1) is 5.92 Å². The minimum Gasteiger partial charge on any atom is -0.495 e. The zero-order valence-corrected chi connectivity index (χ0v) is 28.7. The quantitative estimate of drug-likeness (QED) is 0.203. The summed E-state index contributed by atoms with van der Waals surface area (Å²) < 4.78 is 22.6. The van der Waals surface area contributed by atoms with E-state index in [0.717, 1.165) is 11.1 Å². The van der Waals surface area contributed by atoms with E-state index < -0.39 is 18.0 Å². The van der Waals surface area contributed by atoms with Crippen LogP contribution >= 0.6 is 0 Å². The summed E-state index contributed by atoms with van der Waals surface area (Å²) in [5, 5.41) is 11.8. The zero-order valence-electron chi connectivity index (χ0n) is 28.7. The molecule has 0 radical (unpaired) electrons. The Morgan fingerprint density at radius 3 is 2.15 bits per heavy atom. The highest BCUT2D eigenvalue weighted by atomic mass is 16.5. The minimum atomic E-state index is -0.823. The first-order valence-electron chi connectivity index (χ1n) is 15.8. The molecular weight excluding hydrogens is 616 g/mol. The van der Waals surface area contributed by atoms with E-state index in [4.69, 9.17) is 18.9 Å². The molecule has 0 heterocycles. The van der Waals surface area contributed by atoms with Crippen LogP contribution in [-0.4, -0.2) is 52.2 Å². The number of nitrogens with one attached hydrogen (secondary N) is 4. The van der Waals surface area contributed by atoms with E-state index in [1.165, 1.54) is 34.1 Å². The number of carbonyl (C=O) groups excluding carboxylic acids is 3. The van der Waals surface area contributed by atoms with E-state index in [1.54, 1.807) is 44.6 Å². The van der Waals surface area contributed by atoms with E-state index in [9.17, 15) is 19.2 Å². The molecule has 4 rings (SSSR count). The predicted octanol–water partition coefficient (Wildman–Crippen LogP) is 5.30. The number of aryl methyl sites for hydroxylation is 1. The molecule has 0 saturated carbocycles. The fourth-order valence-corrected chi connectivity index (χ4v) is 5.99. The van der Waals surface area contributed by atoms with Gasteiger partial charge >= 0.3 is 0 Å². The number of ether oxygens (including phenoxy) is 4. The lowest BCUT2D eigenvalue weighted by Crippen LogP contribution is -2.40. The molecule has 256 valence electrons. The molecule has 3 atom stereocenters. The minimum absolute atomic E-state index is 0.193. The van der Waals surface area contributed by atoms with Crippen LogP contribution in [0.1, 0.15) is 57.7 Å². The van der Waals surface area contributed by atoms with Crippen LogP contribution in [0.4, 0.5) is 17.1 Å². The molecule has 0 bridgehead atoms. The Kier molecular flexibility index (Phi) is 11.5. The number of anilines is 3. The third-order valence-electron chi connectivity index (χ3n) is 8.50. The molecule has 12 heteroatoms. The molecular formula is C36H44N4O8. The Hall–Kier alpha value is -5.26. The van der Waals surface area contributed by atoms with Crippen molar-refractivity contribution in [2.75, 3.05) is 44.4 Å². The maximum absolute atomic E-state index is 14.0. The lowest BCUT2D eigenvalue weighted by atomic mass is 9.95. The van der Waals surface area contributed by atoms with Crippen molar-refractivity contribution in [1.82, 2.24) is 5.32 Å². The van der Waals surface area contributed by atoms with E-state index in [2.05, 4.69) is 21.3 Å². The van der Waals surface area contributed by atoms with Crippen molar-refractivity contribution in [3.05, 3.63) is 63.8 Å². The lowest BCUT2D eigenvalue weighted by molar-refractivity contribution is -0.120. The fraction of sp³-hybridized carbons (Fsp3) is 0.389. The maximum Gasteiger partial charge on any atom is 0.247 e. The maximum atomic E-state index is 14.0. The van der Waals surface area contributed by atoms with Gasteiger partial charge in [0.1, 0.15) is 11.8 Å². The monoisotopic (exact) mass is 660 g/mol. The van der Waals surface area contributed by atoms with Gasteiger partial charge in [0.2, 0.25) is 28.9 Å². The summed E-state index contributed by atoms with van der Waals surface area (Å²) in [7, 11) is 6.10. The molecule has 1 aliphatic carbocycles. The van der Waals surface area contributed by atoms with Gasteiger partial charge in [-0.3, -0.25) is 19.2 Å². The summed E-state index contributed by atoms with van der Waals surface area (Å²) in [5.41, 5.74) is 3.60. The second-order valence-corrected chi connectivity index (χ2v) is 11.7. The first-order valence-corrected chi connectivity index (χ1v) is 15.8. The SMILES string of the molecule is CCC(C)C(Nc1ccc2c(cc1=O)C(NC(C)=O)CCc1cc(OC)c(OC)c(OC)c1-2)C(=O)Nc1cc(NC(C)=O)ccc1OC. The van der Waals surface area contributed by atoms with Crippen LogP contribution in [0.25, 0.3) is 11.1 Å². The molecule has 1 aliphatic rings. The summed E-state index contributed by atoms with van der Waals surface area (Å²) in [5.74, 6) is 0.677. The lowest BCUT2D eigenvalue weighted by Gasteiger charge is -2.24. The molecule has 3 amide bonds. The molecule has 12 nitrogen and oxygen atoms in total. The third kappa shape index (κ3) is 7.64. The summed E-state index contributed by atoms with van der Waals surface area (Å²) in [6, 6.07) is 10.5. The van der Waals surface area contributed by atoms with Crippen LogP contribution < -0.4 is 45.6 Å². The van der Waals surface area contributed by atoms with Crippen LogP contribution in [0.3, 0.4) is 0 Å². The van der Waals surface area contributed by atoms with Gasteiger partial charge in [0, 0.05) is 25.1 Å². The van der Waals surface area contributed by atoms with Crippen LogP contribution in [0.5, 0.6) is 23.0 Å². The molecule has 0 saturated heterocycles. The number of amides is 3. The first-order chi connectivity index (χ1) is 22.9. The molecule has 0 aliphatic heterocycles. The Morgan fingerprint density at radius 1 is 0.833 bits per heavy atom. The van der Waals surface area contributed by atoms with Gasteiger partial charge in [-0.2, -0.15) is 0 Å². The highest BCUT2D eigenvalue weighted by Gasteiger charge is 2.30. The summed E-state index contributed by atoms with van der Waals surface area (Å²) in [6.07, 6.45) is 1.72. The molecule has 0 spiro atoms. The van der Waals surface area contributed by atoms with Crippen LogP contribution in [0.2, 0.25) is 0 Å². The van der Waals surface area contributed by atoms with Crippen LogP contribution in [0.15, 0.2) is 47.3 Å². The average molecular weight is 661 g/mol. The molecule has 0 fully saturated rings. The van der Waals surface area contributed by atoms with Gasteiger partial charge < -0.3 is 40.2 Å². The van der Waals surface area contributed by atoms with E-state index in [0.29, 0.717) is 64.8 Å². The predicted molar refractivity (Wildman–Crippen MR) is 185 cm³/mol. The molecule has 48 heavy (non-hydrogen) atoms. The Morgan fingerprint density at radius 2 is 1.54 bits per heavy atom. The number of rotatable bonds is 12. The molecule has 3 aromatic rings. The van der Waals surface area contributed by atoms with Gasteiger partial charge in [-0.05, 0) is 71.8 Å². The topological polar surface area (TPSA) is 153 Å². The number of hydrogen-bond acceptors (Lipinski definition) is 9. The second kappa shape index (κ2) is 15.6.